The molecule has 1 aromatic carbocycles. The Hall–Kier alpha value is -1.00. The number of hydrogen-bond donors (Lipinski definition) is 2. The topological polar surface area (TPSA) is 54.9 Å². The second kappa shape index (κ2) is 10.8. The first-order valence-electron chi connectivity index (χ1n) is 7.10. The summed E-state index contributed by atoms with van der Waals surface area (Å²) in [6, 6.07) is 9.85. The molecule has 24 heavy (non-hydrogen) atoms. The molecule has 0 saturated carbocycles. The number of rotatable bonds is 6. The zero-order valence-corrected chi connectivity index (χ0v) is 18.5. The lowest BCUT2D eigenvalue weighted by Crippen LogP contribution is -2.32. The van der Waals surface area contributed by atoms with Crippen LogP contribution in [0, 0.1) is 0 Å². The third-order valence-electron chi connectivity index (χ3n) is 3.16. The number of hydrogen-bond acceptors (Lipinski definition) is 4. The van der Waals surface area contributed by atoms with Crippen LogP contribution in [0.2, 0.25) is 0 Å². The summed E-state index contributed by atoms with van der Waals surface area (Å²) in [5, 5.41) is 6.54. The van der Waals surface area contributed by atoms with Crippen molar-refractivity contribution in [1.82, 2.24) is 5.32 Å². The highest BCUT2D eigenvalue weighted by Gasteiger charge is 2.06. The minimum absolute atomic E-state index is 0. The molecule has 0 bridgehead atoms. The number of aliphatic imine (C=N–C) groups is 1. The molecule has 0 unspecified atom stereocenters. The van der Waals surface area contributed by atoms with Crippen molar-refractivity contribution in [2.24, 2.45) is 4.99 Å². The summed E-state index contributed by atoms with van der Waals surface area (Å²) in [7, 11) is 4.99. The molecule has 1 aromatic heterocycles. The van der Waals surface area contributed by atoms with Crippen LogP contribution in [0.25, 0.3) is 0 Å². The zero-order chi connectivity index (χ0) is 16.7. The largest absolute Gasteiger partial charge is 0.493 e. The van der Waals surface area contributed by atoms with Gasteiger partial charge in [0.2, 0.25) is 0 Å². The Morgan fingerprint density at radius 2 is 1.92 bits per heavy atom. The average Bonchev–Trinajstić information content (AvgIpc) is 2.99. The van der Waals surface area contributed by atoms with Crippen LogP contribution in [-0.4, -0.2) is 33.8 Å². The van der Waals surface area contributed by atoms with Crippen molar-refractivity contribution in [3.63, 3.8) is 0 Å². The highest BCUT2D eigenvalue weighted by Crippen LogP contribution is 2.29. The fourth-order valence-corrected chi connectivity index (χ4v) is 3.50. The van der Waals surface area contributed by atoms with Gasteiger partial charge in [-0.3, -0.25) is 4.99 Å². The molecule has 2 N–H and O–H groups in total. The molecule has 1 heterocycles. The summed E-state index contributed by atoms with van der Waals surface area (Å²) < 4.78 is 11.7. The molecule has 5 nitrogen and oxygen atoms in total. The van der Waals surface area contributed by atoms with Crippen molar-refractivity contribution in [2.45, 2.75) is 6.42 Å². The zero-order valence-electron chi connectivity index (χ0n) is 13.8. The Bertz CT molecular complexity index is 679. The molecule has 0 radical (unpaired) electrons. The minimum Gasteiger partial charge on any atom is -0.493 e. The van der Waals surface area contributed by atoms with Crippen molar-refractivity contribution in [3.05, 3.63) is 39.0 Å². The van der Waals surface area contributed by atoms with E-state index in [1.807, 2.05) is 18.2 Å². The predicted molar refractivity (Wildman–Crippen MR) is 116 cm³/mol. The Labute approximate surface area is 172 Å². The number of nitrogens with zero attached hydrogens (tertiary/aromatic N) is 1. The van der Waals surface area contributed by atoms with Crippen LogP contribution in [0.4, 0.5) is 5.69 Å². The molecule has 0 aliphatic carbocycles. The number of anilines is 1. The van der Waals surface area contributed by atoms with E-state index in [-0.39, 0.29) is 24.0 Å². The normalized spacial score (nSPS) is 10.8. The van der Waals surface area contributed by atoms with Gasteiger partial charge < -0.3 is 20.1 Å². The second-order valence-corrected chi connectivity index (χ2v) is 7.20. The number of nitrogens with one attached hydrogen (secondary N) is 2. The summed E-state index contributed by atoms with van der Waals surface area (Å²) in [6.45, 7) is 0.805. The lowest BCUT2D eigenvalue weighted by molar-refractivity contribution is 0.355. The van der Waals surface area contributed by atoms with Crippen LogP contribution in [-0.2, 0) is 6.42 Å². The van der Waals surface area contributed by atoms with E-state index in [2.05, 4.69) is 43.7 Å². The lowest BCUT2D eigenvalue weighted by Gasteiger charge is -2.13. The standard InChI is InChI=1S/C16H20BrN3O2S.HI/c1-18-16(19-9-8-12-5-7-15(17)23-12)20-11-4-6-13(21-2)14(10-11)22-3;/h4-7,10H,8-9H2,1-3H3,(H2,18,19,20);1H. The molecule has 2 aromatic rings. The van der Waals surface area contributed by atoms with E-state index in [9.17, 15) is 0 Å². The van der Waals surface area contributed by atoms with Gasteiger partial charge in [0.15, 0.2) is 17.5 Å². The van der Waals surface area contributed by atoms with Gasteiger partial charge in [-0.15, -0.1) is 35.3 Å². The van der Waals surface area contributed by atoms with Gasteiger partial charge in [-0.1, -0.05) is 0 Å². The molecule has 0 aliphatic rings. The SMILES string of the molecule is CN=C(NCCc1ccc(Br)s1)Nc1ccc(OC)c(OC)c1.I. The maximum absolute atomic E-state index is 5.31. The van der Waals surface area contributed by atoms with Crippen LogP contribution in [0.3, 0.4) is 0 Å². The van der Waals surface area contributed by atoms with Gasteiger partial charge in [-0.2, -0.15) is 0 Å². The first-order valence-corrected chi connectivity index (χ1v) is 8.71. The fraction of sp³-hybridized carbons (Fsp3) is 0.312. The minimum atomic E-state index is 0. The van der Waals surface area contributed by atoms with Gasteiger partial charge in [0.25, 0.3) is 0 Å². The van der Waals surface area contributed by atoms with Gasteiger partial charge in [0.05, 0.1) is 18.0 Å². The summed E-state index contributed by atoms with van der Waals surface area (Å²) in [5.74, 6) is 2.09. The predicted octanol–water partition coefficient (Wildman–Crippen LogP) is 4.38. The first kappa shape index (κ1) is 21.0. The van der Waals surface area contributed by atoms with E-state index >= 15 is 0 Å². The van der Waals surface area contributed by atoms with Crippen molar-refractivity contribution in [3.8, 4) is 11.5 Å². The molecule has 132 valence electrons. The van der Waals surface area contributed by atoms with Crippen LogP contribution >= 0.6 is 51.2 Å². The third-order valence-corrected chi connectivity index (χ3v) is 4.85. The molecule has 0 spiro atoms. The van der Waals surface area contributed by atoms with E-state index in [0.29, 0.717) is 17.5 Å². The summed E-state index contributed by atoms with van der Waals surface area (Å²) in [4.78, 5) is 5.56. The third kappa shape index (κ3) is 6.14. The van der Waals surface area contributed by atoms with Gasteiger partial charge in [0, 0.05) is 30.2 Å². The number of methoxy groups -OCH3 is 2. The molecule has 0 amide bonds. The van der Waals surface area contributed by atoms with Crippen molar-refractivity contribution in [1.29, 1.82) is 0 Å². The average molecular weight is 526 g/mol. The van der Waals surface area contributed by atoms with Gasteiger partial charge in [-0.25, -0.2) is 0 Å². The molecule has 8 heteroatoms. The Morgan fingerprint density at radius 1 is 1.17 bits per heavy atom. The molecule has 0 saturated heterocycles. The van der Waals surface area contributed by atoms with Crippen molar-refractivity contribution in [2.75, 3.05) is 33.1 Å². The number of thiophene rings is 1. The molecule has 0 atom stereocenters. The molecule has 2 rings (SSSR count). The van der Waals surface area contributed by atoms with Crippen LogP contribution < -0.4 is 20.1 Å². The maximum atomic E-state index is 5.31. The highest BCUT2D eigenvalue weighted by atomic mass is 127. The number of benzene rings is 1. The molecule has 0 fully saturated rings. The molecule has 0 aliphatic heterocycles. The summed E-state index contributed by atoms with van der Waals surface area (Å²) >= 11 is 5.22. The van der Waals surface area contributed by atoms with Crippen molar-refractivity contribution < 1.29 is 9.47 Å². The first-order chi connectivity index (χ1) is 11.2. The second-order valence-electron chi connectivity index (χ2n) is 4.65. The molecular weight excluding hydrogens is 505 g/mol. The molecular formula is C16H21BrIN3O2S. The fourth-order valence-electron chi connectivity index (χ4n) is 2.02. The smallest absolute Gasteiger partial charge is 0.195 e. The van der Waals surface area contributed by atoms with E-state index in [0.717, 1.165) is 22.4 Å². The quantitative estimate of drug-likeness (QED) is 0.334. The Morgan fingerprint density at radius 3 is 2.50 bits per heavy atom. The van der Waals surface area contributed by atoms with E-state index < -0.39 is 0 Å². The summed E-state index contributed by atoms with van der Waals surface area (Å²) in [5.41, 5.74) is 0.884. The summed E-state index contributed by atoms with van der Waals surface area (Å²) in [6.07, 6.45) is 0.947. The van der Waals surface area contributed by atoms with Gasteiger partial charge in [0.1, 0.15) is 0 Å². The number of ether oxygens (including phenoxy) is 2. The Balaban J connectivity index is 0.00000288. The van der Waals surface area contributed by atoms with Crippen LogP contribution in [0.15, 0.2) is 39.1 Å². The van der Waals surface area contributed by atoms with Gasteiger partial charge >= 0.3 is 0 Å². The lowest BCUT2D eigenvalue weighted by atomic mass is 10.2. The van der Waals surface area contributed by atoms with Crippen LogP contribution in [0.5, 0.6) is 11.5 Å². The maximum Gasteiger partial charge on any atom is 0.195 e. The number of halogens is 2. The Kier molecular flexibility index (Phi) is 9.45. The van der Waals surface area contributed by atoms with Crippen molar-refractivity contribution >= 4 is 62.9 Å². The van der Waals surface area contributed by atoms with Gasteiger partial charge in [-0.05, 0) is 46.6 Å². The van der Waals surface area contributed by atoms with E-state index in [1.54, 1.807) is 32.6 Å². The van der Waals surface area contributed by atoms with E-state index in [1.165, 1.54) is 4.88 Å². The highest BCUT2D eigenvalue weighted by molar-refractivity contribution is 14.0. The van der Waals surface area contributed by atoms with Crippen LogP contribution in [0.1, 0.15) is 4.88 Å². The monoisotopic (exact) mass is 525 g/mol. The number of guanidine groups is 1. The van der Waals surface area contributed by atoms with E-state index in [4.69, 9.17) is 9.47 Å².